The molecule has 0 aliphatic rings. The molecule has 90 valence electrons. The number of benzene rings is 1. The summed E-state index contributed by atoms with van der Waals surface area (Å²) in [4.78, 5) is 14.8. The third-order valence-corrected chi connectivity index (χ3v) is 2.86. The van der Waals surface area contributed by atoms with Crippen molar-refractivity contribution in [3.05, 3.63) is 45.7 Å². The average Bonchev–Trinajstić information content (AvgIpc) is 2.31. The Morgan fingerprint density at radius 2 is 2.24 bits per heavy atom. The second-order valence-corrected chi connectivity index (χ2v) is 4.17. The lowest BCUT2D eigenvalue weighted by Gasteiger charge is -2.04. The van der Waals surface area contributed by atoms with Crippen molar-refractivity contribution in [3.63, 3.8) is 0 Å². The minimum Gasteiger partial charge on any atom is -0.391 e. The van der Waals surface area contributed by atoms with Gasteiger partial charge in [-0.25, -0.2) is 0 Å². The van der Waals surface area contributed by atoms with Crippen molar-refractivity contribution in [2.45, 2.75) is 13.5 Å². The van der Waals surface area contributed by atoms with Crippen LogP contribution in [0.2, 0.25) is 0 Å². The van der Waals surface area contributed by atoms with Crippen LogP contribution in [0.4, 0.5) is 0 Å². The van der Waals surface area contributed by atoms with E-state index in [-0.39, 0.29) is 12.2 Å². The van der Waals surface area contributed by atoms with Crippen LogP contribution < -0.4 is 10.9 Å². The van der Waals surface area contributed by atoms with E-state index in [0.717, 1.165) is 22.0 Å². The number of aromatic amines is 1. The number of aryl methyl sites for hydroxylation is 1. The number of fused-ring (bicyclic) bond motifs is 1. The smallest absolute Gasteiger partial charge is 0.257 e. The van der Waals surface area contributed by atoms with E-state index >= 15 is 0 Å². The van der Waals surface area contributed by atoms with Crippen LogP contribution in [-0.2, 0) is 6.54 Å². The van der Waals surface area contributed by atoms with E-state index in [4.69, 9.17) is 5.11 Å². The number of aliphatic hydroxyl groups excluding tert-OH is 1. The van der Waals surface area contributed by atoms with Gasteiger partial charge in [0.25, 0.3) is 5.56 Å². The van der Waals surface area contributed by atoms with E-state index in [9.17, 15) is 4.79 Å². The fourth-order valence-electron chi connectivity index (χ4n) is 1.93. The number of hydrogen-bond donors (Lipinski definition) is 3. The lowest BCUT2D eigenvalue weighted by molar-refractivity contribution is -0.671. The number of quaternary nitrogens is 1. The molecule has 4 heteroatoms. The summed E-state index contributed by atoms with van der Waals surface area (Å²) in [5, 5.41) is 11.7. The van der Waals surface area contributed by atoms with Crippen molar-refractivity contribution in [2.75, 3.05) is 13.2 Å². The predicted molar refractivity (Wildman–Crippen MR) is 66.9 cm³/mol. The Kier molecular flexibility index (Phi) is 3.56. The molecule has 0 saturated heterocycles. The van der Waals surface area contributed by atoms with E-state index in [0.29, 0.717) is 13.1 Å². The molecule has 1 heterocycles. The Labute approximate surface area is 99.3 Å². The number of para-hydroxylation sites is 1. The van der Waals surface area contributed by atoms with Gasteiger partial charge in [0.1, 0.15) is 6.54 Å². The highest BCUT2D eigenvalue weighted by Gasteiger charge is 2.05. The maximum absolute atomic E-state index is 11.8. The van der Waals surface area contributed by atoms with E-state index < -0.39 is 0 Å². The van der Waals surface area contributed by atoms with E-state index in [1.54, 1.807) is 0 Å². The van der Waals surface area contributed by atoms with Gasteiger partial charge >= 0.3 is 0 Å². The van der Waals surface area contributed by atoms with Crippen LogP contribution in [0.3, 0.4) is 0 Å². The molecule has 2 rings (SSSR count). The Balaban J connectivity index is 2.38. The van der Waals surface area contributed by atoms with E-state index in [1.807, 2.05) is 36.5 Å². The van der Waals surface area contributed by atoms with Crippen LogP contribution in [0.1, 0.15) is 11.1 Å². The molecule has 0 aliphatic heterocycles. The van der Waals surface area contributed by atoms with Gasteiger partial charge in [0.2, 0.25) is 0 Å². The first kappa shape index (κ1) is 11.8. The summed E-state index contributed by atoms with van der Waals surface area (Å²) in [6, 6.07) is 7.88. The van der Waals surface area contributed by atoms with E-state index in [2.05, 4.69) is 4.98 Å². The van der Waals surface area contributed by atoms with Crippen molar-refractivity contribution >= 4 is 10.9 Å². The quantitative estimate of drug-likeness (QED) is 0.645. The van der Waals surface area contributed by atoms with Crippen molar-refractivity contribution in [3.8, 4) is 0 Å². The summed E-state index contributed by atoms with van der Waals surface area (Å²) in [6.45, 7) is 3.32. The van der Waals surface area contributed by atoms with Gasteiger partial charge in [-0.1, -0.05) is 18.2 Å². The molecule has 0 amide bonds. The van der Waals surface area contributed by atoms with Gasteiger partial charge in [-0.15, -0.1) is 0 Å². The summed E-state index contributed by atoms with van der Waals surface area (Å²) >= 11 is 0. The van der Waals surface area contributed by atoms with Crippen molar-refractivity contribution in [1.29, 1.82) is 0 Å². The number of nitrogens with two attached hydrogens (primary N) is 1. The molecule has 0 aliphatic carbocycles. The minimum absolute atomic E-state index is 0.0408. The van der Waals surface area contributed by atoms with Crippen LogP contribution in [0, 0.1) is 6.92 Å². The van der Waals surface area contributed by atoms with Crippen LogP contribution >= 0.6 is 0 Å². The fraction of sp³-hybridized carbons (Fsp3) is 0.308. The molecule has 4 N–H and O–H groups in total. The molecule has 17 heavy (non-hydrogen) atoms. The summed E-state index contributed by atoms with van der Waals surface area (Å²) in [5.74, 6) is 0. The second-order valence-electron chi connectivity index (χ2n) is 4.17. The van der Waals surface area contributed by atoms with Crippen LogP contribution in [0.25, 0.3) is 10.9 Å². The van der Waals surface area contributed by atoms with Gasteiger partial charge in [0.15, 0.2) is 0 Å². The zero-order valence-corrected chi connectivity index (χ0v) is 9.86. The van der Waals surface area contributed by atoms with Crippen molar-refractivity contribution < 1.29 is 10.4 Å². The molecule has 0 spiro atoms. The third kappa shape index (κ3) is 2.54. The first-order valence-electron chi connectivity index (χ1n) is 5.76. The SMILES string of the molecule is Cc1cccc2cc(C[NH2+]CCO)c(=O)[nH]c12. The number of H-pyrrole nitrogens is 1. The highest BCUT2D eigenvalue weighted by atomic mass is 16.3. The molecule has 0 fully saturated rings. The number of aliphatic hydroxyl groups is 1. The molecule has 2 aromatic rings. The molecule has 0 saturated carbocycles. The Morgan fingerprint density at radius 1 is 1.41 bits per heavy atom. The summed E-state index contributed by atoms with van der Waals surface area (Å²) in [7, 11) is 0. The van der Waals surface area contributed by atoms with Gasteiger partial charge in [-0.2, -0.15) is 0 Å². The molecular formula is C13H17N2O2+. The van der Waals surface area contributed by atoms with Crippen LogP contribution in [-0.4, -0.2) is 23.2 Å². The maximum Gasteiger partial charge on any atom is 0.257 e. The lowest BCUT2D eigenvalue weighted by atomic mass is 10.1. The molecule has 1 aromatic carbocycles. The zero-order valence-electron chi connectivity index (χ0n) is 9.86. The van der Waals surface area contributed by atoms with Gasteiger partial charge in [-0.05, 0) is 23.9 Å². The van der Waals surface area contributed by atoms with Crippen LogP contribution in [0.5, 0.6) is 0 Å². The molecule has 0 bridgehead atoms. The largest absolute Gasteiger partial charge is 0.391 e. The molecule has 1 aromatic heterocycles. The number of hydrogen-bond acceptors (Lipinski definition) is 2. The average molecular weight is 233 g/mol. The van der Waals surface area contributed by atoms with Crippen molar-refractivity contribution in [2.24, 2.45) is 0 Å². The molecule has 0 radical (unpaired) electrons. The summed E-state index contributed by atoms with van der Waals surface area (Å²) < 4.78 is 0. The Morgan fingerprint density at radius 3 is 3.00 bits per heavy atom. The normalized spacial score (nSPS) is 10.9. The number of nitrogens with one attached hydrogen (secondary N) is 1. The topological polar surface area (TPSA) is 69.7 Å². The molecule has 0 unspecified atom stereocenters. The fourth-order valence-corrected chi connectivity index (χ4v) is 1.93. The van der Waals surface area contributed by atoms with Gasteiger partial charge in [-0.3, -0.25) is 4.79 Å². The highest BCUT2D eigenvalue weighted by Crippen LogP contribution is 2.14. The lowest BCUT2D eigenvalue weighted by Crippen LogP contribution is -2.83. The Bertz CT molecular complexity index is 575. The molecule has 0 atom stereocenters. The third-order valence-electron chi connectivity index (χ3n) is 2.86. The first-order chi connectivity index (χ1) is 8.22. The standard InChI is InChI=1S/C13H16N2O2/c1-9-3-2-4-10-7-11(8-14-5-6-16)13(17)15-12(9)10/h2-4,7,14,16H,5-6,8H2,1H3,(H,15,17)/p+1. The van der Waals surface area contributed by atoms with E-state index in [1.165, 1.54) is 0 Å². The van der Waals surface area contributed by atoms with Crippen molar-refractivity contribution in [1.82, 2.24) is 4.98 Å². The second kappa shape index (κ2) is 5.12. The molecular weight excluding hydrogens is 216 g/mol. The number of pyridine rings is 1. The maximum atomic E-state index is 11.8. The van der Waals surface area contributed by atoms with Crippen LogP contribution in [0.15, 0.2) is 29.1 Å². The molecule has 4 nitrogen and oxygen atoms in total. The zero-order chi connectivity index (χ0) is 12.3. The highest BCUT2D eigenvalue weighted by molar-refractivity contribution is 5.81. The first-order valence-corrected chi connectivity index (χ1v) is 5.76. The number of aromatic nitrogens is 1. The monoisotopic (exact) mass is 233 g/mol. The minimum atomic E-state index is -0.0408. The predicted octanol–water partition coefficient (Wildman–Crippen LogP) is -0.108. The Hall–Kier alpha value is -1.65. The number of rotatable bonds is 4. The summed E-state index contributed by atoms with van der Waals surface area (Å²) in [5.41, 5.74) is 2.69. The van der Waals surface area contributed by atoms with Gasteiger partial charge in [0, 0.05) is 0 Å². The van der Waals surface area contributed by atoms with Gasteiger partial charge < -0.3 is 15.4 Å². The summed E-state index contributed by atoms with van der Waals surface area (Å²) in [6.07, 6.45) is 0. The van der Waals surface area contributed by atoms with Gasteiger partial charge in [0.05, 0.1) is 24.2 Å².